The lowest BCUT2D eigenvalue weighted by molar-refractivity contribution is -0.147. The molecule has 0 saturated heterocycles. The van der Waals surface area contributed by atoms with Crippen molar-refractivity contribution in [3.8, 4) is 11.4 Å². The molecule has 12 heteroatoms. The molecule has 1 aliphatic rings. The summed E-state index contributed by atoms with van der Waals surface area (Å²) in [7, 11) is 0. The van der Waals surface area contributed by atoms with Gasteiger partial charge in [0.05, 0.1) is 23.7 Å². The zero-order chi connectivity index (χ0) is 26.0. The minimum absolute atomic E-state index is 0.0559. The number of fused-ring (bicyclic) bond motifs is 3. The van der Waals surface area contributed by atoms with Crippen molar-refractivity contribution in [1.29, 1.82) is 0 Å². The van der Waals surface area contributed by atoms with Crippen LogP contribution in [0, 0.1) is 0 Å². The number of carbonyl (C=O) groups is 1. The molecule has 0 saturated carbocycles. The molecular weight excluding hydrogens is 539 g/mol. The maximum absolute atomic E-state index is 14.4. The second kappa shape index (κ2) is 10.7. The van der Waals surface area contributed by atoms with Crippen molar-refractivity contribution in [2.75, 3.05) is 13.2 Å². The van der Waals surface area contributed by atoms with Gasteiger partial charge in [-0.25, -0.2) is 0 Å². The van der Waals surface area contributed by atoms with Crippen molar-refractivity contribution in [3.63, 3.8) is 0 Å². The Morgan fingerprint density at radius 2 is 2.03 bits per heavy atom. The predicted molar refractivity (Wildman–Crippen MR) is 130 cm³/mol. The van der Waals surface area contributed by atoms with E-state index >= 15 is 0 Å². The summed E-state index contributed by atoms with van der Waals surface area (Å²) >= 11 is 18.4. The summed E-state index contributed by atoms with van der Waals surface area (Å²) in [5.41, 5.74) is 1.06. The SMILES string of the molecule is C=CCOc1cccc([C@H]2O[C@H](CC(=O)OCC)c3nnc(C(F)(F)Cl)n3-c3ccc(Cl)cc32)c1Cl. The van der Waals surface area contributed by atoms with Crippen LogP contribution in [0.4, 0.5) is 8.78 Å². The zero-order valence-corrected chi connectivity index (χ0v) is 21.2. The van der Waals surface area contributed by atoms with Crippen LogP contribution in [0.5, 0.6) is 5.75 Å². The second-order valence-corrected chi connectivity index (χ2v) is 8.98. The third-order valence-corrected chi connectivity index (χ3v) is 6.14. The van der Waals surface area contributed by atoms with Crippen LogP contribution in [-0.4, -0.2) is 33.9 Å². The normalized spacial score (nSPS) is 17.1. The van der Waals surface area contributed by atoms with Gasteiger partial charge in [-0.15, -0.1) is 10.2 Å². The minimum atomic E-state index is -3.87. The lowest BCUT2D eigenvalue weighted by atomic mass is 9.99. The summed E-state index contributed by atoms with van der Waals surface area (Å²) in [6, 6.07) is 9.67. The van der Waals surface area contributed by atoms with Crippen LogP contribution in [0.1, 0.15) is 48.3 Å². The molecule has 0 spiro atoms. The molecule has 1 aliphatic heterocycles. The van der Waals surface area contributed by atoms with Gasteiger partial charge >= 0.3 is 11.4 Å². The molecule has 1 aromatic heterocycles. The topological polar surface area (TPSA) is 75.5 Å². The van der Waals surface area contributed by atoms with E-state index in [1.807, 2.05) is 0 Å². The van der Waals surface area contributed by atoms with Crippen LogP contribution >= 0.6 is 34.8 Å². The fourth-order valence-electron chi connectivity index (χ4n) is 3.91. The molecule has 0 unspecified atom stereocenters. The van der Waals surface area contributed by atoms with E-state index in [-0.39, 0.29) is 36.2 Å². The highest BCUT2D eigenvalue weighted by molar-refractivity contribution is 6.33. The maximum Gasteiger partial charge on any atom is 0.382 e. The molecule has 0 fully saturated rings. The second-order valence-electron chi connectivity index (χ2n) is 7.69. The Hall–Kier alpha value is -2.72. The van der Waals surface area contributed by atoms with E-state index < -0.39 is 29.4 Å². The molecular formula is C24H20Cl3F2N3O4. The summed E-state index contributed by atoms with van der Waals surface area (Å²) in [5.74, 6) is -1.15. The fourth-order valence-corrected chi connectivity index (χ4v) is 4.49. The van der Waals surface area contributed by atoms with E-state index in [0.29, 0.717) is 21.9 Å². The highest BCUT2D eigenvalue weighted by Gasteiger charge is 2.42. The lowest BCUT2D eigenvalue weighted by Gasteiger charge is -2.24. The molecule has 4 rings (SSSR count). The first-order chi connectivity index (χ1) is 17.2. The summed E-state index contributed by atoms with van der Waals surface area (Å²) in [5, 5.41) is 4.20. The third kappa shape index (κ3) is 5.20. The van der Waals surface area contributed by atoms with Gasteiger partial charge in [0.15, 0.2) is 5.82 Å². The molecule has 36 heavy (non-hydrogen) atoms. The number of halogens is 5. The van der Waals surface area contributed by atoms with Crippen LogP contribution in [0.25, 0.3) is 5.69 Å². The number of ether oxygens (including phenoxy) is 3. The molecule has 2 aromatic carbocycles. The first-order valence-electron chi connectivity index (χ1n) is 10.8. The Morgan fingerprint density at radius 1 is 1.25 bits per heavy atom. The van der Waals surface area contributed by atoms with E-state index in [1.54, 1.807) is 37.3 Å². The fraction of sp³-hybridized carbons (Fsp3) is 0.292. The minimum Gasteiger partial charge on any atom is -0.488 e. The average molecular weight is 559 g/mol. The Morgan fingerprint density at radius 3 is 2.72 bits per heavy atom. The number of aromatic nitrogens is 3. The highest BCUT2D eigenvalue weighted by atomic mass is 35.5. The number of carbonyl (C=O) groups excluding carboxylic acids is 1. The van der Waals surface area contributed by atoms with Gasteiger partial charge in [-0.05, 0) is 42.8 Å². The first kappa shape index (κ1) is 26.3. The van der Waals surface area contributed by atoms with Gasteiger partial charge < -0.3 is 14.2 Å². The van der Waals surface area contributed by atoms with Crippen molar-refractivity contribution in [1.82, 2.24) is 14.8 Å². The number of benzene rings is 2. The number of rotatable bonds is 8. The molecule has 0 N–H and O–H groups in total. The first-order valence-corrected chi connectivity index (χ1v) is 11.9. The number of alkyl halides is 3. The van der Waals surface area contributed by atoms with Gasteiger partial charge in [0, 0.05) is 16.1 Å². The van der Waals surface area contributed by atoms with Gasteiger partial charge in [0.25, 0.3) is 0 Å². The Bertz CT molecular complexity index is 1300. The summed E-state index contributed by atoms with van der Waals surface area (Å²) < 4.78 is 46.9. The Kier molecular flexibility index (Phi) is 7.85. The van der Waals surface area contributed by atoms with Gasteiger partial charge in [-0.1, -0.05) is 48.0 Å². The van der Waals surface area contributed by atoms with Crippen LogP contribution in [0.3, 0.4) is 0 Å². The molecule has 0 bridgehead atoms. The van der Waals surface area contributed by atoms with Crippen LogP contribution in [0.15, 0.2) is 49.1 Å². The quantitative estimate of drug-likeness (QED) is 0.178. The standard InChI is InChI=1S/C24H20Cl3F2N3O4/c1-3-10-35-17-7-5-6-14(20(17)26)21-15-11-13(25)8-9-16(15)32-22(30-31-23(32)24(27,28)29)18(36-21)12-19(33)34-4-2/h3,5-9,11,18,21H,1,4,10,12H2,2H3/t18-,21-/m1/s1. The Balaban J connectivity index is 1.95. The average Bonchev–Trinajstić information content (AvgIpc) is 3.22. The summed E-state index contributed by atoms with van der Waals surface area (Å²) in [6.45, 7) is 5.61. The third-order valence-electron chi connectivity index (χ3n) is 5.33. The van der Waals surface area contributed by atoms with E-state index in [9.17, 15) is 13.6 Å². The largest absolute Gasteiger partial charge is 0.488 e. The number of hydrogen-bond donors (Lipinski definition) is 0. The molecule has 0 aliphatic carbocycles. The van der Waals surface area contributed by atoms with Gasteiger partial charge in [-0.2, -0.15) is 8.78 Å². The zero-order valence-electron chi connectivity index (χ0n) is 18.9. The number of nitrogens with zero attached hydrogens (tertiary/aromatic N) is 3. The molecule has 3 aromatic rings. The van der Waals surface area contributed by atoms with Gasteiger partial charge in [0.2, 0.25) is 5.82 Å². The highest BCUT2D eigenvalue weighted by Crippen LogP contribution is 2.46. The van der Waals surface area contributed by atoms with Gasteiger partial charge in [0.1, 0.15) is 24.6 Å². The summed E-state index contributed by atoms with van der Waals surface area (Å²) in [4.78, 5) is 12.4. The van der Waals surface area contributed by atoms with Crippen molar-refractivity contribution >= 4 is 40.8 Å². The molecule has 0 amide bonds. The van der Waals surface area contributed by atoms with E-state index in [1.165, 1.54) is 12.1 Å². The van der Waals surface area contributed by atoms with Crippen LogP contribution < -0.4 is 4.74 Å². The van der Waals surface area contributed by atoms with E-state index in [4.69, 9.17) is 49.0 Å². The predicted octanol–water partition coefficient (Wildman–Crippen LogP) is 6.54. The molecule has 0 radical (unpaired) electrons. The molecule has 2 heterocycles. The van der Waals surface area contributed by atoms with E-state index in [0.717, 1.165) is 4.57 Å². The summed E-state index contributed by atoms with van der Waals surface area (Å²) in [6.07, 6.45) is -0.872. The van der Waals surface area contributed by atoms with Crippen molar-refractivity contribution in [2.45, 2.75) is 30.9 Å². The monoisotopic (exact) mass is 557 g/mol. The Labute approximate surface area is 220 Å². The number of hydrogen-bond acceptors (Lipinski definition) is 6. The smallest absolute Gasteiger partial charge is 0.382 e. The van der Waals surface area contributed by atoms with Crippen LogP contribution in [-0.2, 0) is 19.6 Å². The molecule has 190 valence electrons. The number of esters is 1. The van der Waals surface area contributed by atoms with Crippen molar-refractivity contribution in [3.05, 3.63) is 81.9 Å². The maximum atomic E-state index is 14.4. The van der Waals surface area contributed by atoms with Gasteiger partial charge in [-0.3, -0.25) is 9.36 Å². The molecule has 2 atom stereocenters. The van der Waals surface area contributed by atoms with Crippen LogP contribution in [0.2, 0.25) is 10.0 Å². The lowest BCUT2D eigenvalue weighted by Crippen LogP contribution is -2.18. The van der Waals surface area contributed by atoms with Crippen molar-refractivity contribution < 1.29 is 27.8 Å². The van der Waals surface area contributed by atoms with Crippen molar-refractivity contribution in [2.24, 2.45) is 0 Å². The molecule has 7 nitrogen and oxygen atoms in total. The van der Waals surface area contributed by atoms with E-state index in [2.05, 4.69) is 16.8 Å².